The molecule has 2 aromatic carbocycles. The van der Waals surface area contributed by atoms with Crippen LogP contribution in [0, 0.1) is 5.82 Å². The number of carbonyl (C=O) groups excluding carboxylic acids is 1. The summed E-state index contributed by atoms with van der Waals surface area (Å²) in [7, 11) is 1.58. The van der Waals surface area contributed by atoms with Crippen LogP contribution in [0.1, 0.15) is 29.0 Å². The van der Waals surface area contributed by atoms with Crippen LogP contribution >= 0.6 is 0 Å². The second kappa shape index (κ2) is 6.76. The first-order valence-electron chi connectivity index (χ1n) is 8.49. The molecule has 0 aliphatic heterocycles. The maximum atomic E-state index is 13.4. The Hall–Kier alpha value is -3.75. The van der Waals surface area contributed by atoms with E-state index < -0.39 is 17.3 Å². The first-order valence-corrected chi connectivity index (χ1v) is 8.49. The molecular weight excluding hydrogens is 365 g/mol. The van der Waals surface area contributed by atoms with Crippen LogP contribution in [-0.2, 0) is 0 Å². The minimum absolute atomic E-state index is 0.00135. The summed E-state index contributed by atoms with van der Waals surface area (Å²) < 4.78 is 19.8. The van der Waals surface area contributed by atoms with Crippen LogP contribution in [0.4, 0.5) is 4.39 Å². The van der Waals surface area contributed by atoms with Crippen LogP contribution in [-0.4, -0.2) is 32.8 Å². The summed E-state index contributed by atoms with van der Waals surface area (Å²) in [4.78, 5) is 27.7. The Labute approximate surface area is 157 Å². The number of nitrogens with one attached hydrogen (secondary N) is 2. The quantitative estimate of drug-likeness (QED) is 0.564. The van der Waals surface area contributed by atoms with Crippen molar-refractivity contribution in [2.75, 3.05) is 7.11 Å². The molecule has 1 amide bonds. The number of hydrogen-bond acceptors (Lipinski definition) is 5. The average Bonchev–Trinajstić information content (AvgIpc) is 3.14. The number of halogens is 1. The number of aromatic amines is 1. The zero-order chi connectivity index (χ0) is 19.8. The van der Waals surface area contributed by atoms with Crippen molar-refractivity contribution in [3.05, 3.63) is 69.9 Å². The minimum atomic E-state index is -0.578. The fourth-order valence-electron chi connectivity index (χ4n) is 3.02. The van der Waals surface area contributed by atoms with E-state index >= 15 is 0 Å². The van der Waals surface area contributed by atoms with E-state index in [0.717, 1.165) is 5.56 Å². The van der Waals surface area contributed by atoms with Gasteiger partial charge in [0, 0.05) is 0 Å². The lowest BCUT2D eigenvalue weighted by molar-refractivity contribution is 0.0936. The molecule has 8 nitrogen and oxygen atoms in total. The average molecular weight is 381 g/mol. The molecule has 0 unspecified atom stereocenters. The highest BCUT2D eigenvalue weighted by Gasteiger charge is 2.21. The van der Waals surface area contributed by atoms with Crippen molar-refractivity contribution >= 4 is 22.5 Å². The Morgan fingerprint density at radius 2 is 2.00 bits per heavy atom. The van der Waals surface area contributed by atoms with Crippen LogP contribution in [0.5, 0.6) is 5.75 Å². The standard InChI is InChI=1S/C19H16FN5O3/c1-10(11-3-6-13(28-2)7-4-11)21-18(26)16-17-19(27)22-14-9-12(20)5-8-15(14)25(17)24-23-16/h3-10H,1-2H3,(H,21,26)(H,22,27)/t10-/m1/s1. The highest BCUT2D eigenvalue weighted by atomic mass is 19.1. The summed E-state index contributed by atoms with van der Waals surface area (Å²) in [5, 5.41) is 10.6. The molecule has 0 fully saturated rings. The third-order valence-electron chi connectivity index (χ3n) is 4.50. The van der Waals surface area contributed by atoms with Gasteiger partial charge in [-0.2, -0.15) is 0 Å². The van der Waals surface area contributed by atoms with Gasteiger partial charge in [-0.05, 0) is 42.8 Å². The molecule has 142 valence electrons. The number of H-pyrrole nitrogens is 1. The largest absolute Gasteiger partial charge is 0.497 e. The third kappa shape index (κ3) is 2.96. The van der Waals surface area contributed by atoms with Gasteiger partial charge in [0.2, 0.25) is 0 Å². The number of nitrogens with zero attached hydrogens (tertiary/aromatic N) is 3. The van der Waals surface area contributed by atoms with E-state index in [0.29, 0.717) is 11.3 Å². The van der Waals surface area contributed by atoms with Gasteiger partial charge in [0.05, 0.1) is 24.2 Å². The van der Waals surface area contributed by atoms with Crippen molar-refractivity contribution in [2.24, 2.45) is 0 Å². The normalized spacial score (nSPS) is 12.2. The highest BCUT2D eigenvalue weighted by Crippen LogP contribution is 2.19. The minimum Gasteiger partial charge on any atom is -0.497 e. The SMILES string of the molecule is COc1ccc([C@@H](C)NC(=O)c2nnn3c2c(=O)[nH]c2cc(F)ccc23)cc1. The van der Waals surface area contributed by atoms with Gasteiger partial charge in [0.25, 0.3) is 11.5 Å². The van der Waals surface area contributed by atoms with Gasteiger partial charge in [0.1, 0.15) is 11.6 Å². The van der Waals surface area contributed by atoms with E-state index in [4.69, 9.17) is 4.74 Å². The zero-order valence-electron chi connectivity index (χ0n) is 15.1. The Bertz CT molecular complexity index is 1250. The Morgan fingerprint density at radius 1 is 1.25 bits per heavy atom. The van der Waals surface area contributed by atoms with Crippen molar-refractivity contribution < 1.29 is 13.9 Å². The molecule has 0 saturated heterocycles. The first kappa shape index (κ1) is 17.7. The fourth-order valence-corrected chi connectivity index (χ4v) is 3.02. The number of carbonyl (C=O) groups is 1. The molecule has 0 saturated carbocycles. The van der Waals surface area contributed by atoms with E-state index in [-0.39, 0.29) is 22.8 Å². The lowest BCUT2D eigenvalue weighted by Gasteiger charge is -2.14. The predicted octanol–water partition coefficient (Wildman–Crippen LogP) is 2.21. The molecule has 2 N–H and O–H groups in total. The lowest BCUT2D eigenvalue weighted by atomic mass is 10.1. The Kier molecular flexibility index (Phi) is 4.26. The van der Waals surface area contributed by atoms with Crippen LogP contribution in [0.25, 0.3) is 16.6 Å². The molecule has 0 aliphatic rings. The van der Waals surface area contributed by atoms with Gasteiger partial charge in [-0.15, -0.1) is 5.10 Å². The monoisotopic (exact) mass is 381 g/mol. The number of rotatable bonds is 4. The lowest BCUT2D eigenvalue weighted by Crippen LogP contribution is -2.28. The number of methoxy groups -OCH3 is 1. The van der Waals surface area contributed by atoms with Gasteiger partial charge in [0.15, 0.2) is 11.2 Å². The molecule has 0 bridgehead atoms. The Morgan fingerprint density at radius 3 is 2.71 bits per heavy atom. The molecule has 4 rings (SSSR count). The summed E-state index contributed by atoms with van der Waals surface area (Å²) in [6.07, 6.45) is 0. The molecule has 0 aliphatic carbocycles. The van der Waals surface area contributed by atoms with Crippen LogP contribution in [0.2, 0.25) is 0 Å². The highest BCUT2D eigenvalue weighted by molar-refractivity contribution is 5.99. The predicted molar refractivity (Wildman–Crippen MR) is 99.9 cm³/mol. The number of amides is 1. The maximum absolute atomic E-state index is 13.4. The van der Waals surface area contributed by atoms with Crippen molar-refractivity contribution in [2.45, 2.75) is 13.0 Å². The molecule has 4 aromatic rings. The van der Waals surface area contributed by atoms with Crippen molar-refractivity contribution in [3.8, 4) is 5.75 Å². The van der Waals surface area contributed by atoms with E-state index in [1.807, 2.05) is 19.1 Å². The Balaban J connectivity index is 1.69. The number of fused-ring (bicyclic) bond motifs is 3. The topological polar surface area (TPSA) is 101 Å². The van der Waals surface area contributed by atoms with Gasteiger partial charge < -0.3 is 15.0 Å². The molecule has 1 atom stereocenters. The van der Waals surface area contributed by atoms with E-state index in [1.54, 1.807) is 19.2 Å². The second-order valence-electron chi connectivity index (χ2n) is 6.28. The molecule has 2 aromatic heterocycles. The van der Waals surface area contributed by atoms with Crippen molar-refractivity contribution in [1.82, 2.24) is 25.1 Å². The smallest absolute Gasteiger partial charge is 0.277 e. The summed E-state index contributed by atoms with van der Waals surface area (Å²) in [6.45, 7) is 1.81. The first-order chi connectivity index (χ1) is 13.5. The summed E-state index contributed by atoms with van der Waals surface area (Å²) >= 11 is 0. The summed E-state index contributed by atoms with van der Waals surface area (Å²) in [6, 6.07) is 10.8. The van der Waals surface area contributed by atoms with E-state index in [1.165, 1.54) is 22.7 Å². The summed E-state index contributed by atoms with van der Waals surface area (Å²) in [5.41, 5.74) is 0.879. The zero-order valence-corrected chi connectivity index (χ0v) is 15.1. The van der Waals surface area contributed by atoms with Gasteiger partial charge >= 0.3 is 0 Å². The molecule has 9 heteroatoms. The molecule has 0 spiro atoms. The second-order valence-corrected chi connectivity index (χ2v) is 6.28. The number of benzene rings is 2. The summed E-state index contributed by atoms with van der Waals surface area (Å²) in [5.74, 6) is -0.319. The van der Waals surface area contributed by atoms with E-state index in [9.17, 15) is 14.0 Å². The van der Waals surface area contributed by atoms with Crippen molar-refractivity contribution in [3.63, 3.8) is 0 Å². The molecule has 28 heavy (non-hydrogen) atoms. The van der Waals surface area contributed by atoms with Crippen molar-refractivity contribution in [1.29, 1.82) is 0 Å². The molecule has 2 heterocycles. The number of hydrogen-bond donors (Lipinski definition) is 2. The molecular formula is C19H16FN5O3. The van der Waals surface area contributed by atoms with Gasteiger partial charge in [-0.25, -0.2) is 8.91 Å². The molecule has 0 radical (unpaired) electrons. The number of ether oxygens (including phenoxy) is 1. The van der Waals surface area contributed by atoms with Gasteiger partial charge in [-0.3, -0.25) is 9.59 Å². The van der Waals surface area contributed by atoms with Crippen LogP contribution < -0.4 is 15.6 Å². The third-order valence-corrected chi connectivity index (χ3v) is 4.50. The maximum Gasteiger partial charge on any atom is 0.277 e. The number of aromatic nitrogens is 4. The van der Waals surface area contributed by atoms with E-state index in [2.05, 4.69) is 20.6 Å². The van der Waals surface area contributed by atoms with Crippen LogP contribution in [0.3, 0.4) is 0 Å². The fraction of sp³-hybridized carbons (Fsp3) is 0.158. The van der Waals surface area contributed by atoms with Gasteiger partial charge in [-0.1, -0.05) is 17.3 Å². The van der Waals surface area contributed by atoms with Crippen LogP contribution in [0.15, 0.2) is 47.3 Å².